The number of pyridine rings is 1. The minimum Gasteiger partial charge on any atom is -0.495 e. The van der Waals surface area contributed by atoms with Crippen molar-refractivity contribution < 1.29 is 14.3 Å². The number of rotatable bonds is 5. The van der Waals surface area contributed by atoms with Crippen molar-refractivity contribution in [3.63, 3.8) is 0 Å². The monoisotopic (exact) mass is 417 g/mol. The molecule has 3 amide bonds. The predicted octanol–water partition coefficient (Wildman–Crippen LogP) is 2.60. The van der Waals surface area contributed by atoms with Crippen molar-refractivity contribution in [2.24, 2.45) is 0 Å². The van der Waals surface area contributed by atoms with Crippen LogP contribution in [0.25, 0.3) is 0 Å². The fraction of sp³-hybridized carbons (Fsp3) is 0.350. The first-order valence-electron chi connectivity index (χ1n) is 9.33. The summed E-state index contributed by atoms with van der Waals surface area (Å²) in [6.07, 6.45) is 1.75. The minimum atomic E-state index is -0.697. The van der Waals surface area contributed by atoms with E-state index in [1.165, 1.54) is 7.11 Å². The highest BCUT2D eigenvalue weighted by molar-refractivity contribution is 6.32. The summed E-state index contributed by atoms with van der Waals surface area (Å²) in [4.78, 5) is 33.1. The van der Waals surface area contributed by atoms with Crippen LogP contribution in [0.5, 0.6) is 5.75 Å². The molecular formula is C20H24ClN5O3. The molecule has 0 spiro atoms. The molecule has 2 aromatic rings. The van der Waals surface area contributed by atoms with Crippen LogP contribution < -0.4 is 20.3 Å². The van der Waals surface area contributed by atoms with Gasteiger partial charge >= 0.3 is 6.03 Å². The molecule has 0 saturated carbocycles. The SMILES string of the molecule is COc1ccc(NC(=O)[C@H](C)NC(=O)N2CCN(c3ccccn3)CC2)cc1Cl. The van der Waals surface area contributed by atoms with Crippen molar-refractivity contribution in [2.75, 3.05) is 43.5 Å². The lowest BCUT2D eigenvalue weighted by Gasteiger charge is -2.35. The van der Waals surface area contributed by atoms with Gasteiger partial charge in [-0.25, -0.2) is 9.78 Å². The Hall–Kier alpha value is -3.00. The van der Waals surface area contributed by atoms with E-state index in [2.05, 4.69) is 20.5 Å². The van der Waals surface area contributed by atoms with Crippen molar-refractivity contribution in [1.29, 1.82) is 0 Å². The Labute approximate surface area is 174 Å². The molecular weight excluding hydrogens is 394 g/mol. The Morgan fingerprint density at radius 3 is 2.55 bits per heavy atom. The second-order valence-corrected chi connectivity index (χ2v) is 7.08. The normalized spacial score (nSPS) is 14.9. The third-order valence-corrected chi connectivity index (χ3v) is 4.99. The number of aromatic nitrogens is 1. The highest BCUT2D eigenvalue weighted by Gasteiger charge is 2.24. The zero-order chi connectivity index (χ0) is 20.8. The van der Waals surface area contributed by atoms with Gasteiger partial charge in [0.2, 0.25) is 5.91 Å². The van der Waals surface area contributed by atoms with Crippen LogP contribution in [-0.2, 0) is 4.79 Å². The highest BCUT2D eigenvalue weighted by Crippen LogP contribution is 2.27. The molecule has 154 valence electrons. The summed E-state index contributed by atoms with van der Waals surface area (Å²) >= 11 is 6.07. The number of urea groups is 1. The van der Waals surface area contributed by atoms with E-state index < -0.39 is 6.04 Å². The number of hydrogen-bond acceptors (Lipinski definition) is 5. The van der Waals surface area contributed by atoms with Crippen LogP contribution in [0.4, 0.5) is 16.3 Å². The summed E-state index contributed by atoms with van der Waals surface area (Å²) in [6.45, 7) is 4.14. The van der Waals surface area contributed by atoms with Gasteiger partial charge in [0.15, 0.2) is 0 Å². The molecule has 1 aromatic carbocycles. The lowest BCUT2D eigenvalue weighted by atomic mass is 10.2. The summed E-state index contributed by atoms with van der Waals surface area (Å²) < 4.78 is 5.09. The Bertz CT molecular complexity index is 856. The molecule has 1 aliphatic rings. The molecule has 2 heterocycles. The van der Waals surface area contributed by atoms with Gasteiger partial charge in [0, 0.05) is 38.1 Å². The summed E-state index contributed by atoms with van der Waals surface area (Å²) in [5, 5.41) is 5.88. The van der Waals surface area contributed by atoms with E-state index in [0.717, 1.165) is 5.82 Å². The summed E-state index contributed by atoms with van der Waals surface area (Å²) in [7, 11) is 1.52. The fourth-order valence-corrected chi connectivity index (χ4v) is 3.27. The average Bonchev–Trinajstić information content (AvgIpc) is 2.74. The van der Waals surface area contributed by atoms with E-state index >= 15 is 0 Å². The molecule has 3 rings (SSSR count). The summed E-state index contributed by atoms with van der Waals surface area (Å²) in [5.41, 5.74) is 0.533. The lowest BCUT2D eigenvalue weighted by molar-refractivity contribution is -0.117. The smallest absolute Gasteiger partial charge is 0.318 e. The van der Waals surface area contributed by atoms with Crippen molar-refractivity contribution in [3.05, 3.63) is 47.6 Å². The molecule has 0 aliphatic carbocycles. The number of benzene rings is 1. The van der Waals surface area contributed by atoms with Crippen LogP contribution in [0.15, 0.2) is 42.6 Å². The second kappa shape index (κ2) is 9.47. The van der Waals surface area contributed by atoms with Gasteiger partial charge in [-0.3, -0.25) is 4.79 Å². The third kappa shape index (κ3) is 5.29. The van der Waals surface area contributed by atoms with Crippen LogP contribution in [-0.4, -0.2) is 61.2 Å². The Morgan fingerprint density at radius 2 is 1.93 bits per heavy atom. The van der Waals surface area contributed by atoms with Gasteiger partial charge < -0.3 is 25.2 Å². The molecule has 0 unspecified atom stereocenters. The number of carbonyl (C=O) groups excluding carboxylic acids is 2. The van der Waals surface area contributed by atoms with Crippen LogP contribution in [0, 0.1) is 0 Å². The summed E-state index contributed by atoms with van der Waals surface area (Å²) in [5.74, 6) is 1.10. The van der Waals surface area contributed by atoms with Gasteiger partial charge in [0.05, 0.1) is 12.1 Å². The Balaban J connectivity index is 1.49. The number of carbonyl (C=O) groups is 2. The first kappa shape index (κ1) is 20.7. The molecule has 1 atom stereocenters. The maximum Gasteiger partial charge on any atom is 0.318 e. The molecule has 2 N–H and O–H groups in total. The maximum absolute atomic E-state index is 12.5. The summed E-state index contributed by atoms with van der Waals surface area (Å²) in [6, 6.07) is 9.77. The van der Waals surface area contributed by atoms with Crippen LogP contribution in [0.3, 0.4) is 0 Å². The van der Waals surface area contributed by atoms with Gasteiger partial charge in [-0.2, -0.15) is 0 Å². The van der Waals surface area contributed by atoms with E-state index in [9.17, 15) is 9.59 Å². The van der Waals surface area contributed by atoms with Crippen LogP contribution in [0.2, 0.25) is 5.02 Å². The number of nitrogens with one attached hydrogen (secondary N) is 2. The number of amides is 3. The van der Waals surface area contributed by atoms with Crippen LogP contribution in [0.1, 0.15) is 6.92 Å². The maximum atomic E-state index is 12.5. The minimum absolute atomic E-state index is 0.263. The van der Waals surface area contributed by atoms with Gasteiger partial charge in [-0.05, 0) is 37.3 Å². The van der Waals surface area contributed by atoms with E-state index in [4.69, 9.17) is 16.3 Å². The lowest BCUT2D eigenvalue weighted by Crippen LogP contribution is -2.54. The zero-order valence-corrected chi connectivity index (χ0v) is 17.1. The van der Waals surface area contributed by atoms with E-state index in [1.54, 1.807) is 36.2 Å². The first-order chi connectivity index (χ1) is 14.0. The van der Waals surface area contributed by atoms with Gasteiger partial charge in [-0.15, -0.1) is 0 Å². The highest BCUT2D eigenvalue weighted by atomic mass is 35.5. The number of methoxy groups -OCH3 is 1. The van der Waals surface area contributed by atoms with Crippen molar-refractivity contribution in [3.8, 4) is 5.75 Å². The number of ether oxygens (including phenoxy) is 1. The average molecular weight is 418 g/mol. The molecule has 0 radical (unpaired) electrons. The standard InChI is InChI=1S/C20H24ClN5O3/c1-14(19(27)24-15-6-7-17(29-2)16(21)13-15)23-20(28)26-11-9-25(10-12-26)18-5-3-4-8-22-18/h3-8,13-14H,9-12H2,1-2H3,(H,23,28)(H,24,27)/t14-/m0/s1. The van der Waals surface area contributed by atoms with E-state index in [0.29, 0.717) is 42.6 Å². The zero-order valence-electron chi connectivity index (χ0n) is 16.4. The fourth-order valence-electron chi connectivity index (χ4n) is 3.02. The molecule has 8 nitrogen and oxygen atoms in total. The molecule has 1 fully saturated rings. The number of piperazine rings is 1. The largest absolute Gasteiger partial charge is 0.495 e. The van der Waals surface area contributed by atoms with Gasteiger partial charge in [0.25, 0.3) is 0 Å². The van der Waals surface area contributed by atoms with Crippen molar-refractivity contribution in [1.82, 2.24) is 15.2 Å². The van der Waals surface area contributed by atoms with Gasteiger partial charge in [-0.1, -0.05) is 17.7 Å². The molecule has 29 heavy (non-hydrogen) atoms. The topological polar surface area (TPSA) is 86.8 Å². The van der Waals surface area contributed by atoms with Crippen molar-refractivity contribution >= 4 is 35.0 Å². The van der Waals surface area contributed by atoms with Crippen LogP contribution >= 0.6 is 11.6 Å². The first-order valence-corrected chi connectivity index (χ1v) is 9.71. The molecule has 1 aromatic heterocycles. The Morgan fingerprint density at radius 1 is 1.17 bits per heavy atom. The molecule has 1 aliphatic heterocycles. The third-order valence-electron chi connectivity index (χ3n) is 4.69. The van der Waals surface area contributed by atoms with Crippen molar-refractivity contribution in [2.45, 2.75) is 13.0 Å². The molecule has 1 saturated heterocycles. The Kier molecular flexibility index (Phi) is 6.77. The molecule has 0 bridgehead atoms. The number of anilines is 2. The van der Waals surface area contributed by atoms with E-state index in [1.807, 2.05) is 18.2 Å². The predicted molar refractivity (Wildman–Crippen MR) is 113 cm³/mol. The quantitative estimate of drug-likeness (QED) is 0.780. The number of hydrogen-bond donors (Lipinski definition) is 2. The second-order valence-electron chi connectivity index (χ2n) is 6.67. The molecule has 9 heteroatoms. The number of nitrogens with zero attached hydrogens (tertiary/aromatic N) is 3. The van der Waals surface area contributed by atoms with Gasteiger partial charge in [0.1, 0.15) is 17.6 Å². The number of halogens is 1. The van der Waals surface area contributed by atoms with E-state index in [-0.39, 0.29) is 11.9 Å².